The molecule has 2 amide bonds. The van der Waals surface area contributed by atoms with E-state index in [9.17, 15) is 9.59 Å². The van der Waals surface area contributed by atoms with Crippen LogP contribution in [0.15, 0.2) is 0 Å². The molecule has 0 aromatic heterocycles. The molecule has 112 valence electrons. The van der Waals surface area contributed by atoms with E-state index in [-0.39, 0.29) is 12.0 Å². The van der Waals surface area contributed by atoms with E-state index in [4.69, 9.17) is 5.11 Å². The molecule has 0 heterocycles. The molecular formula is C14H28N2O3. The van der Waals surface area contributed by atoms with Crippen LogP contribution in [0.5, 0.6) is 0 Å². The van der Waals surface area contributed by atoms with Crippen LogP contribution >= 0.6 is 0 Å². The number of carbonyl (C=O) groups is 2. The summed E-state index contributed by atoms with van der Waals surface area (Å²) in [5.74, 6) is -0.758. The van der Waals surface area contributed by atoms with Gasteiger partial charge in [-0.1, -0.05) is 40.0 Å². The summed E-state index contributed by atoms with van der Waals surface area (Å²) in [6.45, 7) is 7.94. The van der Waals surface area contributed by atoms with Crippen LogP contribution in [0.25, 0.3) is 0 Å². The average Bonchev–Trinajstić information content (AvgIpc) is 2.27. The lowest BCUT2D eigenvalue weighted by Gasteiger charge is -2.19. The first-order valence-corrected chi connectivity index (χ1v) is 7.16. The number of hydrogen-bond donors (Lipinski definition) is 3. The van der Waals surface area contributed by atoms with E-state index < -0.39 is 18.0 Å². The van der Waals surface area contributed by atoms with Crippen molar-refractivity contribution in [1.82, 2.24) is 10.6 Å². The van der Waals surface area contributed by atoms with Crippen molar-refractivity contribution in [2.24, 2.45) is 5.92 Å². The largest absolute Gasteiger partial charge is 0.480 e. The minimum absolute atomic E-state index is 0.0695. The van der Waals surface area contributed by atoms with E-state index in [2.05, 4.69) is 17.6 Å². The van der Waals surface area contributed by atoms with E-state index in [1.165, 1.54) is 0 Å². The molecule has 0 aromatic rings. The SMILES string of the molecule is CCCCCC(C)NC(=O)N[C@H](CC(C)C)C(=O)O. The molecule has 0 saturated heterocycles. The second-order valence-electron chi connectivity index (χ2n) is 5.54. The third-order valence-electron chi connectivity index (χ3n) is 2.93. The third-order valence-corrected chi connectivity index (χ3v) is 2.93. The van der Waals surface area contributed by atoms with Crippen molar-refractivity contribution in [3.63, 3.8) is 0 Å². The molecule has 0 aliphatic rings. The van der Waals surface area contributed by atoms with Crippen LogP contribution in [0.4, 0.5) is 4.79 Å². The van der Waals surface area contributed by atoms with Gasteiger partial charge in [0.25, 0.3) is 0 Å². The van der Waals surface area contributed by atoms with Crippen LogP contribution in [0.3, 0.4) is 0 Å². The van der Waals surface area contributed by atoms with Gasteiger partial charge in [0.05, 0.1) is 0 Å². The fourth-order valence-corrected chi connectivity index (χ4v) is 1.89. The molecule has 0 bridgehead atoms. The van der Waals surface area contributed by atoms with Crippen molar-refractivity contribution >= 4 is 12.0 Å². The van der Waals surface area contributed by atoms with Crippen molar-refractivity contribution in [2.45, 2.75) is 71.9 Å². The molecule has 5 heteroatoms. The topological polar surface area (TPSA) is 78.4 Å². The number of rotatable bonds is 9. The Morgan fingerprint density at radius 2 is 1.74 bits per heavy atom. The molecule has 5 nitrogen and oxygen atoms in total. The molecule has 0 aromatic carbocycles. The first-order valence-electron chi connectivity index (χ1n) is 7.16. The van der Waals surface area contributed by atoms with E-state index in [0.29, 0.717) is 6.42 Å². The number of unbranched alkanes of at least 4 members (excludes halogenated alkanes) is 2. The van der Waals surface area contributed by atoms with Gasteiger partial charge in [0, 0.05) is 6.04 Å². The summed E-state index contributed by atoms with van der Waals surface area (Å²) in [6.07, 6.45) is 4.73. The Morgan fingerprint density at radius 1 is 1.11 bits per heavy atom. The lowest BCUT2D eigenvalue weighted by molar-refractivity contribution is -0.139. The lowest BCUT2D eigenvalue weighted by Crippen LogP contribution is -2.48. The van der Waals surface area contributed by atoms with Crippen LogP contribution in [0.1, 0.15) is 59.8 Å². The molecule has 3 N–H and O–H groups in total. The summed E-state index contributed by atoms with van der Waals surface area (Å²) >= 11 is 0. The van der Waals surface area contributed by atoms with Gasteiger partial charge in [-0.05, 0) is 25.7 Å². The number of hydrogen-bond acceptors (Lipinski definition) is 2. The number of amides is 2. The molecule has 0 fully saturated rings. The Kier molecular flexibility index (Phi) is 9.00. The standard InChI is InChI=1S/C14H28N2O3/c1-5-6-7-8-11(4)15-14(19)16-12(13(17)18)9-10(2)3/h10-12H,5-9H2,1-4H3,(H,17,18)(H2,15,16,19)/t11?,12-/m1/s1. The molecule has 1 unspecified atom stereocenters. The van der Waals surface area contributed by atoms with E-state index in [1.54, 1.807) is 0 Å². The minimum Gasteiger partial charge on any atom is -0.480 e. The van der Waals surface area contributed by atoms with Gasteiger partial charge in [-0.25, -0.2) is 9.59 Å². The normalized spacial score (nSPS) is 13.9. The molecule has 2 atom stereocenters. The minimum atomic E-state index is -0.984. The molecule has 19 heavy (non-hydrogen) atoms. The summed E-state index contributed by atoms with van der Waals surface area (Å²) in [5.41, 5.74) is 0. The Labute approximate surface area is 116 Å². The van der Waals surface area contributed by atoms with Gasteiger partial charge >= 0.3 is 12.0 Å². The monoisotopic (exact) mass is 272 g/mol. The van der Waals surface area contributed by atoms with Gasteiger partial charge in [-0.2, -0.15) is 0 Å². The van der Waals surface area contributed by atoms with Gasteiger partial charge < -0.3 is 15.7 Å². The van der Waals surface area contributed by atoms with Crippen molar-refractivity contribution in [1.29, 1.82) is 0 Å². The highest BCUT2D eigenvalue weighted by molar-refractivity contribution is 5.82. The second-order valence-corrected chi connectivity index (χ2v) is 5.54. The molecule has 0 spiro atoms. The third kappa shape index (κ3) is 9.33. The Morgan fingerprint density at radius 3 is 2.21 bits per heavy atom. The fourth-order valence-electron chi connectivity index (χ4n) is 1.89. The van der Waals surface area contributed by atoms with Gasteiger partial charge in [0.15, 0.2) is 0 Å². The van der Waals surface area contributed by atoms with E-state index in [1.807, 2.05) is 20.8 Å². The second kappa shape index (κ2) is 9.64. The molecule has 0 saturated carbocycles. The smallest absolute Gasteiger partial charge is 0.326 e. The lowest BCUT2D eigenvalue weighted by atomic mass is 10.0. The van der Waals surface area contributed by atoms with Gasteiger partial charge in [-0.3, -0.25) is 0 Å². The predicted octanol–water partition coefficient (Wildman–Crippen LogP) is 2.75. The Hall–Kier alpha value is -1.26. The van der Waals surface area contributed by atoms with Crippen molar-refractivity contribution < 1.29 is 14.7 Å². The highest BCUT2D eigenvalue weighted by atomic mass is 16.4. The Bertz CT molecular complexity index is 280. The number of carbonyl (C=O) groups excluding carboxylic acids is 1. The number of carboxylic acid groups (broad SMARTS) is 1. The zero-order valence-corrected chi connectivity index (χ0v) is 12.5. The average molecular weight is 272 g/mol. The van der Waals surface area contributed by atoms with Gasteiger partial charge in [0.1, 0.15) is 6.04 Å². The van der Waals surface area contributed by atoms with Gasteiger partial charge in [-0.15, -0.1) is 0 Å². The fraction of sp³-hybridized carbons (Fsp3) is 0.857. The van der Waals surface area contributed by atoms with Crippen LogP contribution in [-0.2, 0) is 4.79 Å². The van der Waals surface area contributed by atoms with Crippen LogP contribution < -0.4 is 10.6 Å². The summed E-state index contributed by atoms with van der Waals surface area (Å²) in [6, 6.07) is -1.14. The van der Waals surface area contributed by atoms with Crippen molar-refractivity contribution in [2.75, 3.05) is 0 Å². The maximum atomic E-state index is 11.7. The molecular weight excluding hydrogens is 244 g/mol. The molecule has 0 aliphatic carbocycles. The van der Waals surface area contributed by atoms with Crippen LogP contribution in [0.2, 0.25) is 0 Å². The Balaban J connectivity index is 4.08. The number of aliphatic carboxylic acids is 1. The first-order chi connectivity index (χ1) is 8.86. The highest BCUT2D eigenvalue weighted by Gasteiger charge is 2.21. The zero-order chi connectivity index (χ0) is 14.8. The summed E-state index contributed by atoms with van der Waals surface area (Å²) < 4.78 is 0. The predicted molar refractivity (Wildman–Crippen MR) is 76.2 cm³/mol. The number of carboxylic acids is 1. The number of nitrogens with one attached hydrogen (secondary N) is 2. The molecule has 0 rings (SSSR count). The summed E-state index contributed by atoms with van der Waals surface area (Å²) in [5, 5.41) is 14.3. The van der Waals surface area contributed by atoms with Crippen molar-refractivity contribution in [3.8, 4) is 0 Å². The van der Waals surface area contributed by atoms with Gasteiger partial charge in [0.2, 0.25) is 0 Å². The van der Waals surface area contributed by atoms with Crippen molar-refractivity contribution in [3.05, 3.63) is 0 Å². The quantitative estimate of drug-likeness (QED) is 0.565. The molecule has 0 aliphatic heterocycles. The first kappa shape index (κ1) is 17.7. The maximum absolute atomic E-state index is 11.7. The van der Waals surface area contributed by atoms with Crippen LogP contribution in [0, 0.1) is 5.92 Å². The molecule has 0 radical (unpaired) electrons. The van der Waals surface area contributed by atoms with Crippen LogP contribution in [-0.4, -0.2) is 29.2 Å². The van der Waals surface area contributed by atoms with E-state index >= 15 is 0 Å². The summed E-state index contributed by atoms with van der Waals surface area (Å²) in [7, 11) is 0. The number of urea groups is 1. The maximum Gasteiger partial charge on any atom is 0.326 e. The summed E-state index contributed by atoms with van der Waals surface area (Å²) in [4.78, 5) is 22.7. The highest BCUT2D eigenvalue weighted by Crippen LogP contribution is 2.06. The zero-order valence-electron chi connectivity index (χ0n) is 12.5. The van der Waals surface area contributed by atoms with E-state index in [0.717, 1.165) is 25.7 Å².